The highest BCUT2D eigenvalue weighted by Gasteiger charge is 2.20. The van der Waals surface area contributed by atoms with Crippen LogP contribution < -0.4 is 5.32 Å². The minimum absolute atomic E-state index is 0.178. The summed E-state index contributed by atoms with van der Waals surface area (Å²) in [7, 11) is -1.98. The number of benzene rings is 2. The molecule has 0 bridgehead atoms. The van der Waals surface area contributed by atoms with Crippen LogP contribution in [0.5, 0.6) is 0 Å². The second-order valence-electron chi connectivity index (χ2n) is 6.51. The molecule has 0 atom stereocenters. The predicted octanol–water partition coefficient (Wildman–Crippen LogP) is 4.69. The maximum absolute atomic E-state index is 12.6. The maximum atomic E-state index is 12.6. The van der Waals surface area contributed by atoms with Gasteiger partial charge in [-0.15, -0.1) is 11.8 Å². The topological polar surface area (TPSA) is 79.4 Å². The van der Waals surface area contributed by atoms with Gasteiger partial charge >= 0.3 is 0 Å². The molecule has 2 aromatic carbocycles. The highest BCUT2D eigenvalue weighted by atomic mass is 32.2. The van der Waals surface area contributed by atoms with Crippen molar-refractivity contribution in [2.24, 2.45) is 0 Å². The van der Waals surface area contributed by atoms with Gasteiger partial charge in [-0.25, -0.2) is 17.7 Å². The molecule has 0 radical (unpaired) electrons. The van der Waals surface area contributed by atoms with Crippen molar-refractivity contribution in [2.75, 3.05) is 25.2 Å². The van der Waals surface area contributed by atoms with Crippen LogP contribution in [0.3, 0.4) is 0 Å². The lowest BCUT2D eigenvalue weighted by molar-refractivity contribution is 0.102. The van der Waals surface area contributed by atoms with Crippen LogP contribution >= 0.6 is 23.1 Å². The van der Waals surface area contributed by atoms with E-state index in [-0.39, 0.29) is 10.8 Å². The molecule has 0 aliphatic rings. The maximum Gasteiger partial charge on any atom is 0.257 e. The number of carbonyl (C=O) groups is 1. The fourth-order valence-electron chi connectivity index (χ4n) is 2.71. The normalized spacial score (nSPS) is 11.9. The Labute approximate surface area is 179 Å². The lowest BCUT2D eigenvalue weighted by Crippen LogP contribution is -2.28. The van der Waals surface area contributed by atoms with Gasteiger partial charge in [0.25, 0.3) is 5.91 Å². The Hall–Kier alpha value is -1.94. The van der Waals surface area contributed by atoms with Gasteiger partial charge in [0.15, 0.2) is 5.13 Å². The van der Waals surface area contributed by atoms with Gasteiger partial charge in [-0.3, -0.25) is 10.1 Å². The Kier molecular flexibility index (Phi) is 6.94. The van der Waals surface area contributed by atoms with Crippen molar-refractivity contribution >= 4 is 54.4 Å². The number of anilines is 1. The van der Waals surface area contributed by atoms with E-state index in [9.17, 15) is 13.2 Å². The molecule has 0 fully saturated rings. The molecule has 1 amide bonds. The summed E-state index contributed by atoms with van der Waals surface area (Å²) in [5, 5.41) is 3.31. The molecule has 0 spiro atoms. The smallest absolute Gasteiger partial charge is 0.257 e. The zero-order chi connectivity index (χ0) is 21.0. The highest BCUT2D eigenvalue weighted by molar-refractivity contribution is 7.98. The summed E-state index contributed by atoms with van der Waals surface area (Å²) in [5.41, 5.74) is 1.21. The molecule has 0 aliphatic heterocycles. The van der Waals surface area contributed by atoms with Gasteiger partial charge in [0.1, 0.15) is 0 Å². The van der Waals surface area contributed by atoms with Crippen LogP contribution in [0.15, 0.2) is 52.3 Å². The van der Waals surface area contributed by atoms with Crippen LogP contribution in [-0.4, -0.2) is 43.5 Å². The minimum Gasteiger partial charge on any atom is -0.298 e. The molecule has 0 saturated heterocycles. The molecule has 3 aromatic rings. The Bertz CT molecular complexity index is 1110. The van der Waals surface area contributed by atoms with Crippen molar-refractivity contribution in [1.29, 1.82) is 0 Å². The van der Waals surface area contributed by atoms with Gasteiger partial charge in [-0.1, -0.05) is 24.7 Å². The van der Waals surface area contributed by atoms with E-state index in [4.69, 9.17) is 0 Å². The molecule has 9 heteroatoms. The first kappa shape index (κ1) is 21.8. The Morgan fingerprint density at radius 3 is 2.59 bits per heavy atom. The van der Waals surface area contributed by atoms with Crippen LogP contribution in [0.25, 0.3) is 10.2 Å². The van der Waals surface area contributed by atoms with Crippen LogP contribution in [0, 0.1) is 0 Å². The first-order valence-corrected chi connectivity index (χ1v) is 12.7. The Morgan fingerprint density at radius 2 is 1.93 bits per heavy atom. The first-order valence-electron chi connectivity index (χ1n) is 9.17. The standard InChI is InChI=1S/C20H23N3O3S3/c1-4-5-12-23(2)29(25,26)16-9-6-14(7-10-16)19(24)22-20-21-17-11-8-15(27-3)13-18(17)28-20/h6-11,13H,4-5,12H2,1-3H3,(H,21,22,24). The number of rotatable bonds is 8. The molecule has 1 aromatic heterocycles. The van der Waals surface area contributed by atoms with Crippen LogP contribution in [0.1, 0.15) is 30.1 Å². The second kappa shape index (κ2) is 9.25. The Morgan fingerprint density at radius 1 is 1.21 bits per heavy atom. The summed E-state index contributed by atoms with van der Waals surface area (Å²) < 4.78 is 27.5. The lowest BCUT2D eigenvalue weighted by Gasteiger charge is -2.16. The van der Waals surface area contributed by atoms with Crippen LogP contribution in [0.2, 0.25) is 0 Å². The van der Waals surface area contributed by atoms with Crippen LogP contribution in [-0.2, 0) is 10.0 Å². The number of fused-ring (bicyclic) bond motifs is 1. The number of carbonyl (C=O) groups excluding carboxylic acids is 1. The number of sulfonamides is 1. The molecule has 29 heavy (non-hydrogen) atoms. The van der Waals surface area contributed by atoms with E-state index in [1.807, 2.05) is 31.4 Å². The zero-order valence-electron chi connectivity index (χ0n) is 16.5. The summed E-state index contributed by atoms with van der Waals surface area (Å²) in [4.78, 5) is 18.3. The van der Waals surface area contributed by atoms with E-state index < -0.39 is 10.0 Å². The summed E-state index contributed by atoms with van der Waals surface area (Å²) in [6.07, 6.45) is 3.73. The summed E-state index contributed by atoms with van der Waals surface area (Å²) in [6, 6.07) is 12.0. The number of amides is 1. The molecular formula is C20H23N3O3S3. The van der Waals surface area contributed by atoms with Crippen molar-refractivity contribution < 1.29 is 13.2 Å². The molecule has 1 heterocycles. The number of aromatic nitrogens is 1. The van der Waals surface area contributed by atoms with Crippen molar-refractivity contribution in [1.82, 2.24) is 9.29 Å². The number of thiazole rings is 1. The average molecular weight is 450 g/mol. The third kappa shape index (κ3) is 4.98. The van der Waals surface area contributed by atoms with Crippen molar-refractivity contribution in [3.8, 4) is 0 Å². The van der Waals surface area contributed by atoms with E-state index in [1.54, 1.807) is 18.8 Å². The van der Waals surface area contributed by atoms with Gasteiger partial charge in [0.05, 0.1) is 15.1 Å². The second-order valence-corrected chi connectivity index (χ2v) is 10.5. The van der Waals surface area contributed by atoms with Crippen molar-refractivity contribution in [3.05, 3.63) is 48.0 Å². The molecule has 0 aliphatic carbocycles. The number of nitrogens with zero attached hydrogens (tertiary/aromatic N) is 2. The molecule has 1 N–H and O–H groups in total. The predicted molar refractivity (Wildman–Crippen MR) is 121 cm³/mol. The number of nitrogens with one attached hydrogen (secondary N) is 1. The van der Waals surface area contributed by atoms with Crippen molar-refractivity contribution in [3.63, 3.8) is 0 Å². The fraction of sp³-hybridized carbons (Fsp3) is 0.300. The monoisotopic (exact) mass is 449 g/mol. The summed E-state index contributed by atoms with van der Waals surface area (Å²) in [5.74, 6) is -0.322. The van der Waals surface area contributed by atoms with E-state index in [0.29, 0.717) is 17.2 Å². The quantitative estimate of drug-likeness (QED) is 0.505. The van der Waals surface area contributed by atoms with Gasteiger partial charge in [-0.2, -0.15) is 0 Å². The number of thioether (sulfide) groups is 1. The van der Waals surface area contributed by atoms with E-state index in [2.05, 4.69) is 10.3 Å². The summed E-state index contributed by atoms with van der Waals surface area (Å²) in [6.45, 7) is 2.48. The number of unbranched alkanes of at least 4 members (excludes halogenated alkanes) is 1. The third-order valence-corrected chi connectivity index (χ3v) is 8.00. The SMILES string of the molecule is CCCCN(C)S(=O)(=O)c1ccc(C(=O)Nc2nc3ccc(SC)cc3s2)cc1. The van der Waals surface area contributed by atoms with Gasteiger partial charge in [0.2, 0.25) is 10.0 Å². The van der Waals surface area contributed by atoms with E-state index in [0.717, 1.165) is 28.0 Å². The largest absolute Gasteiger partial charge is 0.298 e. The molecular weight excluding hydrogens is 426 g/mol. The number of hydrogen-bond acceptors (Lipinski definition) is 6. The van der Waals surface area contributed by atoms with Gasteiger partial charge in [-0.05, 0) is 55.1 Å². The van der Waals surface area contributed by atoms with Crippen molar-refractivity contribution in [2.45, 2.75) is 29.6 Å². The Balaban J connectivity index is 1.73. The molecule has 0 saturated carbocycles. The summed E-state index contributed by atoms with van der Waals surface area (Å²) >= 11 is 3.06. The first-order chi connectivity index (χ1) is 13.8. The molecule has 6 nitrogen and oxygen atoms in total. The van der Waals surface area contributed by atoms with Crippen LogP contribution in [0.4, 0.5) is 5.13 Å². The zero-order valence-corrected chi connectivity index (χ0v) is 19.0. The highest BCUT2D eigenvalue weighted by Crippen LogP contribution is 2.29. The molecule has 154 valence electrons. The minimum atomic E-state index is -3.55. The van der Waals surface area contributed by atoms with Gasteiger partial charge in [0, 0.05) is 24.1 Å². The van der Waals surface area contributed by atoms with E-state index >= 15 is 0 Å². The average Bonchev–Trinajstić information content (AvgIpc) is 3.13. The molecule has 3 rings (SSSR count). The van der Waals surface area contributed by atoms with Gasteiger partial charge < -0.3 is 0 Å². The lowest BCUT2D eigenvalue weighted by atomic mass is 10.2. The van der Waals surface area contributed by atoms with E-state index in [1.165, 1.54) is 39.9 Å². The molecule has 0 unspecified atom stereocenters. The number of hydrogen-bond donors (Lipinski definition) is 1. The fourth-order valence-corrected chi connectivity index (χ4v) is 5.34. The third-order valence-electron chi connectivity index (χ3n) is 4.47.